The molecule has 0 spiro atoms. The number of aromatic nitrogens is 6. The number of rotatable bonds is 7. The molecule has 1 saturated heterocycles. The highest BCUT2D eigenvalue weighted by molar-refractivity contribution is 5.76. The van der Waals surface area contributed by atoms with Crippen LogP contribution >= 0.6 is 0 Å². The second-order valence-corrected chi connectivity index (χ2v) is 8.90. The van der Waals surface area contributed by atoms with Crippen LogP contribution < -0.4 is 15.8 Å². The van der Waals surface area contributed by atoms with Gasteiger partial charge in [0.05, 0.1) is 12.7 Å². The van der Waals surface area contributed by atoms with Crippen LogP contribution in [0.4, 0.5) is 5.82 Å². The van der Waals surface area contributed by atoms with Crippen molar-refractivity contribution >= 4 is 17.0 Å². The fourth-order valence-corrected chi connectivity index (χ4v) is 4.65. The molecule has 1 atom stereocenters. The number of pyridine rings is 1. The third kappa shape index (κ3) is 4.71. The van der Waals surface area contributed by atoms with Gasteiger partial charge in [-0.25, -0.2) is 4.98 Å². The van der Waals surface area contributed by atoms with E-state index >= 15 is 0 Å². The molecule has 1 aliphatic rings. The minimum Gasteiger partial charge on any atom is -0.457 e. The molecule has 0 amide bonds. The van der Waals surface area contributed by atoms with Crippen LogP contribution in [0, 0.1) is 0 Å². The number of aromatic amines is 1. The van der Waals surface area contributed by atoms with Gasteiger partial charge in [-0.1, -0.05) is 24.3 Å². The van der Waals surface area contributed by atoms with Crippen molar-refractivity contribution < 1.29 is 4.74 Å². The molecule has 3 aromatic heterocycles. The smallest absolute Gasteiger partial charge is 0.203 e. The Balaban J connectivity index is 1.15. The standard InChI is InChI=1S/C26H26N8O/c27-24-13-20(25-26(30-24)32-33-31-25)10-18-14-29-34(16-18)15-17-4-1-6-21(11-17)35-22-7-2-5-19(12-22)23-8-3-9-28-23/h1-2,4-7,11-14,16,23,28H,3,8-10,15H2,(H3,27,30,31,32,33). The fraction of sp³-hybridized carbons (Fsp3) is 0.231. The first-order valence-electron chi connectivity index (χ1n) is 11.8. The molecule has 4 heterocycles. The van der Waals surface area contributed by atoms with Crippen molar-refractivity contribution in [3.05, 3.63) is 89.2 Å². The van der Waals surface area contributed by atoms with Gasteiger partial charge in [-0.2, -0.15) is 15.4 Å². The summed E-state index contributed by atoms with van der Waals surface area (Å²) in [7, 11) is 0. The lowest BCUT2D eigenvalue weighted by Crippen LogP contribution is -2.12. The largest absolute Gasteiger partial charge is 0.457 e. The summed E-state index contributed by atoms with van der Waals surface area (Å²) >= 11 is 0. The summed E-state index contributed by atoms with van der Waals surface area (Å²) in [5.41, 5.74) is 11.6. The van der Waals surface area contributed by atoms with Crippen LogP contribution in [0.5, 0.6) is 11.5 Å². The van der Waals surface area contributed by atoms with Crippen LogP contribution in [0.1, 0.15) is 41.1 Å². The van der Waals surface area contributed by atoms with E-state index in [0.717, 1.165) is 40.3 Å². The number of H-pyrrole nitrogens is 1. The van der Waals surface area contributed by atoms with Crippen molar-refractivity contribution in [3.8, 4) is 11.5 Å². The van der Waals surface area contributed by atoms with E-state index in [2.05, 4.69) is 61.1 Å². The molecule has 5 aromatic rings. The molecule has 0 aliphatic carbocycles. The molecule has 1 fully saturated rings. The summed E-state index contributed by atoms with van der Waals surface area (Å²) in [6, 6.07) is 18.7. The molecule has 2 aromatic carbocycles. The zero-order valence-corrected chi connectivity index (χ0v) is 19.2. The Morgan fingerprint density at radius 2 is 1.91 bits per heavy atom. The van der Waals surface area contributed by atoms with Crippen molar-refractivity contribution in [2.24, 2.45) is 0 Å². The highest BCUT2D eigenvalue weighted by Crippen LogP contribution is 2.29. The van der Waals surface area contributed by atoms with E-state index in [9.17, 15) is 0 Å². The van der Waals surface area contributed by atoms with E-state index in [1.54, 1.807) is 0 Å². The van der Waals surface area contributed by atoms with Crippen LogP contribution in [0.3, 0.4) is 0 Å². The third-order valence-electron chi connectivity index (χ3n) is 6.27. The molecule has 176 valence electrons. The molecule has 0 radical (unpaired) electrons. The summed E-state index contributed by atoms with van der Waals surface area (Å²) in [4.78, 5) is 4.20. The van der Waals surface area contributed by atoms with Gasteiger partial charge < -0.3 is 15.8 Å². The highest BCUT2D eigenvalue weighted by Gasteiger charge is 2.16. The zero-order chi connectivity index (χ0) is 23.6. The predicted octanol–water partition coefficient (Wildman–Crippen LogP) is 3.99. The van der Waals surface area contributed by atoms with E-state index in [-0.39, 0.29) is 0 Å². The topological polar surface area (TPSA) is 120 Å². The minimum absolute atomic E-state index is 0.419. The molecule has 6 rings (SSSR count). The SMILES string of the molecule is Nc1cc(Cc2cnn(Cc3cccc(Oc4cccc(C5CCCN5)c4)c3)c2)c2n[nH]nc2n1. The summed E-state index contributed by atoms with van der Waals surface area (Å²) in [6.45, 7) is 1.72. The van der Waals surface area contributed by atoms with E-state index in [1.807, 2.05) is 41.3 Å². The third-order valence-corrected chi connectivity index (χ3v) is 6.27. The lowest BCUT2D eigenvalue weighted by atomic mass is 10.1. The average molecular weight is 467 g/mol. The van der Waals surface area contributed by atoms with Crippen LogP contribution in [-0.4, -0.2) is 36.7 Å². The number of benzene rings is 2. The minimum atomic E-state index is 0.419. The molecular weight excluding hydrogens is 440 g/mol. The van der Waals surface area contributed by atoms with Crippen LogP contribution in [0.2, 0.25) is 0 Å². The second-order valence-electron chi connectivity index (χ2n) is 8.90. The maximum atomic E-state index is 6.19. The Morgan fingerprint density at radius 3 is 2.80 bits per heavy atom. The molecular formula is C26H26N8O. The molecule has 4 N–H and O–H groups in total. The lowest BCUT2D eigenvalue weighted by molar-refractivity contribution is 0.479. The normalized spacial score (nSPS) is 15.6. The van der Waals surface area contributed by atoms with Gasteiger partial charge in [-0.3, -0.25) is 4.68 Å². The summed E-state index contributed by atoms with van der Waals surface area (Å²) < 4.78 is 8.12. The quantitative estimate of drug-likeness (QED) is 0.332. The van der Waals surface area contributed by atoms with Crippen molar-refractivity contribution in [1.82, 2.24) is 35.5 Å². The maximum absolute atomic E-state index is 6.19. The number of hydrogen-bond donors (Lipinski definition) is 3. The Morgan fingerprint density at radius 1 is 1.03 bits per heavy atom. The van der Waals surface area contributed by atoms with Gasteiger partial charge in [-0.05, 0) is 72.0 Å². The monoisotopic (exact) mass is 466 g/mol. The molecule has 9 nitrogen and oxygen atoms in total. The molecule has 9 heteroatoms. The summed E-state index contributed by atoms with van der Waals surface area (Å²) in [6.07, 6.45) is 6.93. The number of nitrogens with two attached hydrogens (primary N) is 1. The number of ether oxygens (including phenoxy) is 1. The van der Waals surface area contributed by atoms with Crippen molar-refractivity contribution in [2.45, 2.75) is 31.8 Å². The number of anilines is 1. The number of nitrogens with one attached hydrogen (secondary N) is 2. The van der Waals surface area contributed by atoms with Gasteiger partial charge >= 0.3 is 0 Å². The number of fused-ring (bicyclic) bond motifs is 1. The van der Waals surface area contributed by atoms with Crippen molar-refractivity contribution in [1.29, 1.82) is 0 Å². The van der Waals surface area contributed by atoms with Gasteiger partial charge in [0.2, 0.25) is 5.65 Å². The molecule has 0 bridgehead atoms. The van der Waals surface area contributed by atoms with E-state index in [1.165, 1.54) is 18.4 Å². The summed E-state index contributed by atoms with van der Waals surface area (Å²) in [5, 5.41) is 19.0. The van der Waals surface area contributed by atoms with E-state index < -0.39 is 0 Å². The van der Waals surface area contributed by atoms with Crippen molar-refractivity contribution in [2.75, 3.05) is 12.3 Å². The van der Waals surface area contributed by atoms with Crippen LogP contribution in [0.15, 0.2) is 67.0 Å². The van der Waals surface area contributed by atoms with Crippen LogP contribution in [0.25, 0.3) is 11.2 Å². The Hall–Kier alpha value is -4.24. The molecule has 1 unspecified atom stereocenters. The van der Waals surface area contributed by atoms with Crippen molar-refractivity contribution in [3.63, 3.8) is 0 Å². The van der Waals surface area contributed by atoms with Gasteiger partial charge in [0.25, 0.3) is 0 Å². The average Bonchev–Trinajstić information content (AvgIpc) is 3.62. The predicted molar refractivity (Wildman–Crippen MR) is 133 cm³/mol. The first-order chi connectivity index (χ1) is 17.2. The van der Waals surface area contributed by atoms with Gasteiger partial charge in [0.1, 0.15) is 22.8 Å². The Kier molecular flexibility index (Phi) is 5.59. The Labute approximate surface area is 202 Å². The zero-order valence-electron chi connectivity index (χ0n) is 19.2. The fourth-order valence-electron chi connectivity index (χ4n) is 4.65. The van der Waals surface area contributed by atoms with Crippen LogP contribution in [-0.2, 0) is 13.0 Å². The van der Waals surface area contributed by atoms with Gasteiger partial charge in [-0.15, -0.1) is 5.10 Å². The number of nitrogen functional groups attached to an aromatic ring is 1. The van der Waals surface area contributed by atoms with Gasteiger partial charge in [0.15, 0.2) is 0 Å². The Bertz CT molecular complexity index is 1470. The lowest BCUT2D eigenvalue weighted by Gasteiger charge is -2.13. The number of nitrogens with zero attached hydrogens (tertiary/aromatic N) is 5. The molecule has 35 heavy (non-hydrogen) atoms. The van der Waals surface area contributed by atoms with E-state index in [0.29, 0.717) is 30.5 Å². The first kappa shape index (κ1) is 21.3. The summed E-state index contributed by atoms with van der Waals surface area (Å²) in [5.74, 6) is 2.09. The second kappa shape index (κ2) is 9.19. The maximum Gasteiger partial charge on any atom is 0.203 e. The number of hydrogen-bond acceptors (Lipinski definition) is 7. The first-order valence-corrected chi connectivity index (χ1v) is 11.8. The molecule has 0 saturated carbocycles. The molecule has 1 aliphatic heterocycles. The highest BCUT2D eigenvalue weighted by atomic mass is 16.5. The van der Waals surface area contributed by atoms with E-state index in [4.69, 9.17) is 10.5 Å². The van der Waals surface area contributed by atoms with Gasteiger partial charge in [0, 0.05) is 18.7 Å².